The van der Waals surface area contributed by atoms with Crippen LogP contribution in [0.1, 0.15) is 31.4 Å². The van der Waals surface area contributed by atoms with E-state index >= 15 is 0 Å². The van der Waals surface area contributed by atoms with E-state index < -0.39 is 18.5 Å². The van der Waals surface area contributed by atoms with Crippen molar-refractivity contribution in [2.45, 2.75) is 44.3 Å². The van der Waals surface area contributed by atoms with Gasteiger partial charge in [-0.05, 0) is 38.6 Å². The topological polar surface area (TPSA) is 70.7 Å². The fraction of sp³-hybridized carbons (Fsp3) is 0.455. The maximum atomic E-state index is 14.3. The third-order valence-electron chi connectivity index (χ3n) is 6.20. The molecule has 5 heterocycles. The lowest BCUT2D eigenvalue weighted by atomic mass is 9.97. The van der Waals surface area contributed by atoms with Crippen LogP contribution in [-0.4, -0.2) is 69.0 Å². The Morgan fingerprint density at radius 1 is 1.25 bits per heavy atom. The highest BCUT2D eigenvalue weighted by atomic mass is 19.3. The highest BCUT2D eigenvalue weighted by Crippen LogP contribution is 2.39. The first-order valence-corrected chi connectivity index (χ1v) is 10.7. The van der Waals surface area contributed by atoms with Gasteiger partial charge < -0.3 is 10.2 Å². The number of fused-ring (bicyclic) bond motifs is 2. The van der Waals surface area contributed by atoms with Crippen LogP contribution < -0.4 is 5.32 Å². The van der Waals surface area contributed by atoms with Gasteiger partial charge in [-0.15, -0.1) is 5.10 Å². The molecule has 32 heavy (non-hydrogen) atoms. The van der Waals surface area contributed by atoms with Crippen molar-refractivity contribution in [1.29, 1.82) is 0 Å². The second kappa shape index (κ2) is 8.16. The van der Waals surface area contributed by atoms with Gasteiger partial charge in [0.15, 0.2) is 0 Å². The Balaban J connectivity index is 1.41. The fourth-order valence-corrected chi connectivity index (χ4v) is 4.46. The van der Waals surface area contributed by atoms with E-state index in [-0.39, 0.29) is 12.5 Å². The Morgan fingerprint density at radius 2 is 2.09 bits per heavy atom. The molecular formula is C22H24F3N7. The minimum absolute atomic E-state index is 0.292. The molecule has 0 bridgehead atoms. The minimum atomic E-state index is -2.43. The molecule has 3 aromatic rings. The molecule has 168 valence electrons. The average molecular weight is 443 g/mol. The Hall–Kier alpha value is -3.01. The van der Waals surface area contributed by atoms with Crippen molar-refractivity contribution in [3.63, 3.8) is 0 Å². The van der Waals surface area contributed by atoms with Crippen LogP contribution in [0.3, 0.4) is 0 Å². The number of aliphatic imine (C=N–C) groups is 1. The molecule has 1 fully saturated rings. The normalized spacial score (nSPS) is 23.6. The van der Waals surface area contributed by atoms with E-state index in [9.17, 15) is 13.2 Å². The molecule has 7 nitrogen and oxygen atoms in total. The second-order valence-electron chi connectivity index (χ2n) is 8.49. The van der Waals surface area contributed by atoms with Gasteiger partial charge in [0.25, 0.3) is 0 Å². The number of nitrogens with zero attached hydrogens (tertiary/aromatic N) is 6. The molecule has 1 N–H and O–H groups in total. The Kier molecular flexibility index (Phi) is 5.32. The van der Waals surface area contributed by atoms with Crippen LogP contribution in [0.4, 0.5) is 24.8 Å². The van der Waals surface area contributed by atoms with Gasteiger partial charge in [-0.25, -0.2) is 27.7 Å². The lowest BCUT2D eigenvalue weighted by Gasteiger charge is -2.32. The molecule has 5 rings (SSSR count). The average Bonchev–Trinajstić information content (AvgIpc) is 3.30. The first kappa shape index (κ1) is 20.9. The number of piperidine rings is 1. The number of halogens is 3. The van der Waals surface area contributed by atoms with Crippen LogP contribution in [0.25, 0.3) is 16.8 Å². The van der Waals surface area contributed by atoms with Gasteiger partial charge in [0.1, 0.15) is 6.17 Å². The molecule has 0 aromatic carbocycles. The smallest absolute Gasteiger partial charge is 0.241 e. The van der Waals surface area contributed by atoms with Crippen molar-refractivity contribution in [2.24, 2.45) is 4.99 Å². The van der Waals surface area contributed by atoms with Gasteiger partial charge in [0.05, 0.1) is 34.8 Å². The largest absolute Gasteiger partial charge is 0.347 e. The maximum absolute atomic E-state index is 14.3. The zero-order valence-corrected chi connectivity index (χ0v) is 17.8. The zero-order chi connectivity index (χ0) is 22.4. The lowest BCUT2D eigenvalue weighted by Crippen LogP contribution is -2.46. The number of alkyl halides is 3. The zero-order valence-electron chi connectivity index (χ0n) is 17.8. The van der Waals surface area contributed by atoms with E-state index in [1.165, 1.54) is 0 Å². The molecule has 0 aliphatic carbocycles. The van der Waals surface area contributed by atoms with Gasteiger partial charge >= 0.3 is 0 Å². The molecule has 0 amide bonds. The van der Waals surface area contributed by atoms with Gasteiger partial charge in [0, 0.05) is 42.9 Å². The van der Waals surface area contributed by atoms with E-state index in [0.29, 0.717) is 41.7 Å². The number of pyridine rings is 1. The molecular weight excluding hydrogens is 419 g/mol. The second-order valence-corrected chi connectivity index (χ2v) is 8.49. The number of rotatable bonds is 5. The summed E-state index contributed by atoms with van der Waals surface area (Å²) in [5.74, 6) is -0.117. The fourth-order valence-electron chi connectivity index (χ4n) is 4.46. The van der Waals surface area contributed by atoms with Crippen LogP contribution in [0.15, 0.2) is 35.6 Å². The maximum Gasteiger partial charge on any atom is 0.241 e. The third kappa shape index (κ3) is 3.83. The summed E-state index contributed by atoms with van der Waals surface area (Å²) in [6.07, 6.45) is 0.420. The van der Waals surface area contributed by atoms with Crippen LogP contribution in [0.5, 0.6) is 0 Å². The van der Waals surface area contributed by atoms with Crippen molar-refractivity contribution in [3.05, 3.63) is 36.3 Å². The summed E-state index contributed by atoms with van der Waals surface area (Å²) in [5, 5.41) is 7.58. The van der Waals surface area contributed by atoms with Gasteiger partial charge in [0.2, 0.25) is 12.4 Å². The number of hydrogen-bond acceptors (Lipinski definition) is 6. The summed E-state index contributed by atoms with van der Waals surface area (Å²) in [7, 11) is 1.91. The van der Waals surface area contributed by atoms with Gasteiger partial charge in [-0.2, -0.15) is 0 Å². The Bertz CT molecular complexity index is 1180. The van der Waals surface area contributed by atoms with Crippen LogP contribution in [-0.2, 0) is 0 Å². The third-order valence-corrected chi connectivity index (χ3v) is 6.20. The van der Waals surface area contributed by atoms with Crippen molar-refractivity contribution >= 4 is 22.9 Å². The molecule has 3 aromatic heterocycles. The molecule has 1 unspecified atom stereocenters. The molecule has 0 spiro atoms. The molecule has 0 radical (unpaired) electrons. The number of nitrogens with one attached hydrogen (secondary N) is 1. The van der Waals surface area contributed by atoms with E-state index in [1.807, 2.05) is 30.1 Å². The predicted octanol–water partition coefficient (Wildman–Crippen LogP) is 4.09. The van der Waals surface area contributed by atoms with Crippen LogP contribution in [0.2, 0.25) is 0 Å². The summed E-state index contributed by atoms with van der Waals surface area (Å²) in [5.41, 5.74) is 4.05. The van der Waals surface area contributed by atoms with E-state index in [2.05, 4.69) is 25.4 Å². The SMILES string of the molecule is CC1=Nc2ccc(-c3ccn4nc(N[C@@H]5CCN(C)C[C@@H]5F)ncc34)nc2C1CC(F)F. The number of hydrogen-bond donors (Lipinski definition) is 1. The van der Waals surface area contributed by atoms with Crippen LogP contribution >= 0.6 is 0 Å². The summed E-state index contributed by atoms with van der Waals surface area (Å²) in [4.78, 5) is 15.4. The van der Waals surface area contributed by atoms with E-state index in [1.54, 1.807) is 23.8 Å². The quantitative estimate of drug-likeness (QED) is 0.643. The minimum Gasteiger partial charge on any atom is -0.347 e. The lowest BCUT2D eigenvalue weighted by molar-refractivity contribution is 0.135. The van der Waals surface area contributed by atoms with Crippen LogP contribution in [0, 0.1) is 0 Å². The highest BCUT2D eigenvalue weighted by Gasteiger charge is 2.30. The monoisotopic (exact) mass is 443 g/mol. The van der Waals surface area contributed by atoms with E-state index in [0.717, 1.165) is 17.6 Å². The standard InChI is InChI=1S/C22H24F3N7/c1-12-14(9-20(24)25)21-18(27-12)4-3-16(28-21)13-5-8-32-19(13)10-26-22(30-32)29-17-6-7-31(2)11-15(17)23/h3-5,8,10,14-15,17,20H,6-7,9,11H2,1-2H3,(H,29,30)/t14?,15-,17+/m0/s1. The molecule has 2 aliphatic rings. The van der Waals surface area contributed by atoms with Crippen molar-refractivity contribution in [2.75, 3.05) is 25.5 Å². The summed E-state index contributed by atoms with van der Waals surface area (Å²) in [6.45, 7) is 2.96. The summed E-state index contributed by atoms with van der Waals surface area (Å²) >= 11 is 0. The molecule has 3 atom stereocenters. The highest BCUT2D eigenvalue weighted by molar-refractivity contribution is 5.96. The molecule has 2 aliphatic heterocycles. The first-order chi connectivity index (χ1) is 15.4. The molecule has 0 saturated carbocycles. The van der Waals surface area contributed by atoms with Crippen molar-refractivity contribution in [1.82, 2.24) is 24.5 Å². The number of aromatic nitrogens is 4. The van der Waals surface area contributed by atoms with Gasteiger partial charge in [-0.3, -0.25) is 4.99 Å². The van der Waals surface area contributed by atoms with E-state index in [4.69, 9.17) is 0 Å². The number of likely N-dealkylation sites (tertiary alicyclic amines) is 1. The van der Waals surface area contributed by atoms with Crippen molar-refractivity contribution in [3.8, 4) is 11.3 Å². The van der Waals surface area contributed by atoms with Crippen molar-refractivity contribution < 1.29 is 13.2 Å². The first-order valence-electron chi connectivity index (χ1n) is 10.7. The molecule has 1 saturated heterocycles. The Morgan fingerprint density at radius 3 is 2.88 bits per heavy atom. The summed E-state index contributed by atoms with van der Waals surface area (Å²) < 4.78 is 42.1. The number of anilines is 1. The predicted molar refractivity (Wildman–Crippen MR) is 117 cm³/mol. The van der Waals surface area contributed by atoms with Gasteiger partial charge in [-0.1, -0.05) is 0 Å². The Labute approximate surface area is 183 Å². The molecule has 10 heteroatoms. The summed E-state index contributed by atoms with van der Waals surface area (Å²) in [6, 6.07) is 5.18.